The number of nitrogen functional groups attached to an aromatic ring is 1. The Hall–Kier alpha value is -3.82. The lowest BCUT2D eigenvalue weighted by Crippen LogP contribution is -2.49. The van der Waals surface area contributed by atoms with Crippen LogP contribution in [0.1, 0.15) is 31.7 Å². The average molecular weight is 508 g/mol. The van der Waals surface area contributed by atoms with Crippen molar-refractivity contribution in [3.05, 3.63) is 54.9 Å². The lowest BCUT2D eigenvalue weighted by Gasteiger charge is -2.41. The Labute approximate surface area is 221 Å². The van der Waals surface area contributed by atoms with Crippen LogP contribution in [0.25, 0.3) is 44.7 Å². The number of benzene rings is 2. The number of anilines is 1. The number of aromatic nitrogens is 6. The fourth-order valence-electron chi connectivity index (χ4n) is 6.19. The first-order chi connectivity index (χ1) is 18.6. The molecule has 7 rings (SSSR count). The predicted molar refractivity (Wildman–Crippen MR) is 151 cm³/mol. The number of H-pyrrole nitrogens is 1. The number of aromatic amines is 1. The molecular weight excluding hydrogens is 474 g/mol. The zero-order chi connectivity index (χ0) is 25.6. The number of imidazole rings is 1. The summed E-state index contributed by atoms with van der Waals surface area (Å²) >= 11 is 0. The van der Waals surface area contributed by atoms with Gasteiger partial charge < -0.3 is 15.6 Å². The van der Waals surface area contributed by atoms with Gasteiger partial charge in [-0.2, -0.15) is 5.10 Å². The van der Waals surface area contributed by atoms with Gasteiger partial charge in [0.2, 0.25) is 0 Å². The summed E-state index contributed by atoms with van der Waals surface area (Å²) in [6.07, 6.45) is 6.12. The normalized spacial score (nSPS) is 21.4. The third-order valence-corrected chi connectivity index (χ3v) is 8.39. The largest absolute Gasteiger partial charge is 0.383 e. The van der Waals surface area contributed by atoms with Gasteiger partial charge in [0.15, 0.2) is 5.65 Å². The highest BCUT2D eigenvalue weighted by molar-refractivity contribution is 5.99. The molecule has 2 aromatic carbocycles. The molecule has 38 heavy (non-hydrogen) atoms. The number of nitrogens with one attached hydrogen (secondary N) is 1. The lowest BCUT2D eigenvalue weighted by molar-refractivity contribution is 0.0815. The highest BCUT2D eigenvalue weighted by atomic mass is 15.3. The summed E-state index contributed by atoms with van der Waals surface area (Å²) < 4.78 is 2.12. The molecule has 1 aliphatic heterocycles. The monoisotopic (exact) mass is 507 g/mol. The van der Waals surface area contributed by atoms with Crippen molar-refractivity contribution in [1.82, 2.24) is 39.5 Å². The topological polar surface area (TPSA) is 105 Å². The fourth-order valence-corrected chi connectivity index (χ4v) is 6.19. The maximum absolute atomic E-state index is 6.42. The average Bonchev–Trinajstić information content (AvgIpc) is 3.57. The molecule has 3 aromatic heterocycles. The third-order valence-electron chi connectivity index (χ3n) is 8.39. The van der Waals surface area contributed by atoms with E-state index in [-0.39, 0.29) is 0 Å². The summed E-state index contributed by atoms with van der Waals surface area (Å²) in [6, 6.07) is 17.4. The van der Waals surface area contributed by atoms with Crippen molar-refractivity contribution >= 4 is 27.9 Å². The molecule has 5 aromatic rings. The number of rotatable bonds is 4. The van der Waals surface area contributed by atoms with Gasteiger partial charge in [0, 0.05) is 43.3 Å². The van der Waals surface area contributed by atoms with Gasteiger partial charge in [-0.25, -0.2) is 19.6 Å². The Kier molecular flexibility index (Phi) is 5.82. The molecule has 0 amide bonds. The van der Waals surface area contributed by atoms with E-state index in [2.05, 4.69) is 66.8 Å². The third kappa shape index (κ3) is 4.12. The molecule has 2 fully saturated rings. The minimum atomic E-state index is 0.308. The second-order valence-corrected chi connectivity index (χ2v) is 10.7. The number of hydrogen-bond acceptors (Lipinski definition) is 7. The molecule has 0 radical (unpaired) electrons. The van der Waals surface area contributed by atoms with E-state index in [0.717, 1.165) is 70.6 Å². The summed E-state index contributed by atoms with van der Waals surface area (Å²) in [5, 5.41) is 5.97. The number of likely N-dealkylation sites (N-methyl/N-ethyl adjacent to an activating group) is 1. The summed E-state index contributed by atoms with van der Waals surface area (Å²) in [5.41, 5.74) is 12.0. The Morgan fingerprint density at radius 2 is 1.63 bits per heavy atom. The van der Waals surface area contributed by atoms with Crippen molar-refractivity contribution in [2.24, 2.45) is 0 Å². The molecular formula is C29H33N9. The van der Waals surface area contributed by atoms with Crippen LogP contribution in [0.4, 0.5) is 5.82 Å². The fraction of sp³-hybridized carbons (Fsp3) is 0.379. The second kappa shape index (κ2) is 9.49. The number of nitrogens with two attached hydrogens (primary N) is 1. The van der Waals surface area contributed by atoms with E-state index >= 15 is 0 Å². The Morgan fingerprint density at radius 1 is 0.868 bits per heavy atom. The van der Waals surface area contributed by atoms with Crippen molar-refractivity contribution < 1.29 is 0 Å². The molecule has 9 heteroatoms. The maximum atomic E-state index is 6.42. The highest BCUT2D eigenvalue weighted by Crippen LogP contribution is 2.37. The van der Waals surface area contributed by atoms with Crippen LogP contribution in [0.5, 0.6) is 0 Å². The van der Waals surface area contributed by atoms with Crippen molar-refractivity contribution in [1.29, 1.82) is 0 Å². The van der Waals surface area contributed by atoms with Gasteiger partial charge in [-0.1, -0.05) is 36.4 Å². The molecule has 0 bridgehead atoms. The molecule has 9 nitrogen and oxygen atoms in total. The molecule has 194 valence electrons. The maximum Gasteiger partial charge on any atom is 0.164 e. The van der Waals surface area contributed by atoms with Crippen LogP contribution in [0.3, 0.4) is 0 Å². The molecule has 0 spiro atoms. The van der Waals surface area contributed by atoms with Gasteiger partial charge in [0.1, 0.15) is 23.7 Å². The zero-order valence-corrected chi connectivity index (χ0v) is 21.7. The van der Waals surface area contributed by atoms with Crippen molar-refractivity contribution in [2.75, 3.05) is 39.0 Å². The molecule has 3 N–H and O–H groups in total. The Bertz CT molecular complexity index is 1570. The molecule has 1 saturated carbocycles. The number of piperazine rings is 1. The van der Waals surface area contributed by atoms with E-state index in [1.807, 2.05) is 18.2 Å². The van der Waals surface area contributed by atoms with Gasteiger partial charge in [0.25, 0.3) is 0 Å². The summed E-state index contributed by atoms with van der Waals surface area (Å²) in [7, 11) is 2.22. The van der Waals surface area contributed by atoms with Crippen LogP contribution in [0.15, 0.2) is 54.9 Å². The first-order valence-corrected chi connectivity index (χ1v) is 13.6. The number of hydrogen-bond donors (Lipinski definition) is 2. The van der Waals surface area contributed by atoms with Crippen LogP contribution < -0.4 is 5.73 Å². The standard InChI is InChI=1S/C29H33N9/c1-36-13-15-37(16-14-36)21-8-10-22(11-9-21)38-29-25(27(30)31-18-32-29)26(35-38)20-7-12-23-24(17-20)34-28(33-23)19-5-3-2-4-6-19/h2-7,12,17-18,21-22H,8-11,13-16H2,1H3,(H,33,34)(H2,30,31,32). The van der Waals surface area contributed by atoms with Crippen molar-refractivity contribution in [3.8, 4) is 22.6 Å². The van der Waals surface area contributed by atoms with E-state index in [4.69, 9.17) is 15.8 Å². The summed E-state index contributed by atoms with van der Waals surface area (Å²) in [6.45, 7) is 4.67. The molecule has 0 unspecified atom stereocenters. The van der Waals surface area contributed by atoms with Crippen LogP contribution in [-0.2, 0) is 0 Å². The van der Waals surface area contributed by atoms with Crippen LogP contribution in [-0.4, -0.2) is 78.8 Å². The van der Waals surface area contributed by atoms with Crippen molar-refractivity contribution in [2.45, 2.75) is 37.8 Å². The van der Waals surface area contributed by atoms with Crippen LogP contribution in [0, 0.1) is 0 Å². The highest BCUT2D eigenvalue weighted by Gasteiger charge is 2.30. The second-order valence-electron chi connectivity index (χ2n) is 10.7. The molecule has 1 saturated heterocycles. The quantitative estimate of drug-likeness (QED) is 0.373. The number of nitrogens with zero attached hydrogens (tertiary/aromatic N) is 7. The minimum absolute atomic E-state index is 0.308. The van der Waals surface area contributed by atoms with Crippen LogP contribution >= 0.6 is 0 Å². The Morgan fingerprint density at radius 3 is 2.42 bits per heavy atom. The van der Waals surface area contributed by atoms with E-state index in [1.54, 1.807) is 6.33 Å². The van der Waals surface area contributed by atoms with Gasteiger partial charge in [-0.15, -0.1) is 0 Å². The van der Waals surface area contributed by atoms with E-state index < -0.39 is 0 Å². The van der Waals surface area contributed by atoms with Gasteiger partial charge in [-0.3, -0.25) is 4.90 Å². The summed E-state index contributed by atoms with van der Waals surface area (Å²) in [5.74, 6) is 1.32. The first-order valence-electron chi connectivity index (χ1n) is 13.6. The SMILES string of the molecule is CN1CCN(C2CCC(n3nc(-c4ccc5[nH]c(-c6ccccc6)nc5c4)c4c(N)ncnc43)CC2)CC1. The van der Waals surface area contributed by atoms with Crippen molar-refractivity contribution in [3.63, 3.8) is 0 Å². The number of fused-ring (bicyclic) bond motifs is 2. The van der Waals surface area contributed by atoms with Gasteiger partial charge in [-0.05, 0) is 44.9 Å². The predicted octanol–water partition coefficient (Wildman–Crippen LogP) is 4.35. The van der Waals surface area contributed by atoms with E-state index in [0.29, 0.717) is 17.9 Å². The molecule has 2 aliphatic rings. The van der Waals surface area contributed by atoms with E-state index in [1.165, 1.54) is 25.9 Å². The molecule has 0 atom stereocenters. The van der Waals surface area contributed by atoms with Gasteiger partial charge >= 0.3 is 0 Å². The lowest BCUT2D eigenvalue weighted by atomic mass is 9.90. The smallest absolute Gasteiger partial charge is 0.164 e. The zero-order valence-electron chi connectivity index (χ0n) is 21.7. The Balaban J connectivity index is 1.20. The van der Waals surface area contributed by atoms with Gasteiger partial charge in [0.05, 0.1) is 22.5 Å². The molecule has 4 heterocycles. The minimum Gasteiger partial charge on any atom is -0.383 e. The summed E-state index contributed by atoms with van der Waals surface area (Å²) in [4.78, 5) is 22.4. The molecule has 1 aliphatic carbocycles. The first kappa shape index (κ1) is 23.3. The van der Waals surface area contributed by atoms with E-state index in [9.17, 15) is 0 Å². The van der Waals surface area contributed by atoms with Crippen LogP contribution in [0.2, 0.25) is 0 Å².